The highest BCUT2D eigenvalue weighted by atomic mass is 35.5. The average molecular weight is 277 g/mol. The van der Waals surface area contributed by atoms with E-state index < -0.39 is 0 Å². The molecule has 0 fully saturated rings. The van der Waals surface area contributed by atoms with Crippen molar-refractivity contribution >= 4 is 30.1 Å². The van der Waals surface area contributed by atoms with Crippen LogP contribution in [0.1, 0.15) is 0 Å². The zero-order valence-electron chi connectivity index (χ0n) is 9.60. The topological polar surface area (TPSA) is 61.4 Å². The molecule has 0 unspecified atom stereocenters. The number of likely N-dealkylation sites (N-methyl/N-ethyl adjacent to an activating group) is 1. The number of rotatable bonds is 6. The SMILES string of the molecule is CNCCNC(=O)CSc1ccc(O)cc1.Cl. The molecular weight excluding hydrogens is 260 g/mol. The van der Waals surface area contributed by atoms with E-state index in [1.54, 1.807) is 24.3 Å². The van der Waals surface area contributed by atoms with Crippen LogP contribution in [-0.2, 0) is 4.79 Å². The smallest absolute Gasteiger partial charge is 0.230 e. The van der Waals surface area contributed by atoms with Gasteiger partial charge in [0.25, 0.3) is 0 Å². The molecule has 0 aromatic heterocycles. The number of amides is 1. The zero-order valence-corrected chi connectivity index (χ0v) is 11.2. The molecule has 0 aliphatic rings. The number of aromatic hydroxyl groups is 1. The van der Waals surface area contributed by atoms with Crippen molar-refractivity contribution in [3.63, 3.8) is 0 Å². The minimum atomic E-state index is 0. The normalized spacial score (nSPS) is 9.47. The minimum absolute atomic E-state index is 0. The van der Waals surface area contributed by atoms with Gasteiger partial charge in [0.2, 0.25) is 5.91 Å². The van der Waals surface area contributed by atoms with Gasteiger partial charge in [0.15, 0.2) is 0 Å². The fraction of sp³-hybridized carbons (Fsp3) is 0.364. The van der Waals surface area contributed by atoms with E-state index in [0.29, 0.717) is 12.3 Å². The molecule has 0 saturated heterocycles. The van der Waals surface area contributed by atoms with Crippen molar-refractivity contribution < 1.29 is 9.90 Å². The Morgan fingerprint density at radius 1 is 1.29 bits per heavy atom. The molecule has 0 bridgehead atoms. The second-order valence-corrected chi connectivity index (χ2v) is 4.28. The van der Waals surface area contributed by atoms with Gasteiger partial charge < -0.3 is 15.7 Å². The fourth-order valence-electron chi connectivity index (χ4n) is 1.07. The quantitative estimate of drug-likeness (QED) is 0.540. The maximum absolute atomic E-state index is 11.3. The van der Waals surface area contributed by atoms with Crippen molar-refractivity contribution in [3.05, 3.63) is 24.3 Å². The molecule has 1 aromatic rings. The fourth-order valence-corrected chi connectivity index (χ4v) is 1.80. The van der Waals surface area contributed by atoms with Gasteiger partial charge in [-0.2, -0.15) is 0 Å². The second-order valence-electron chi connectivity index (χ2n) is 3.24. The van der Waals surface area contributed by atoms with E-state index in [9.17, 15) is 4.79 Å². The Morgan fingerprint density at radius 2 is 1.94 bits per heavy atom. The number of nitrogens with one attached hydrogen (secondary N) is 2. The highest BCUT2D eigenvalue weighted by Crippen LogP contribution is 2.20. The molecule has 3 N–H and O–H groups in total. The van der Waals surface area contributed by atoms with E-state index in [2.05, 4.69) is 10.6 Å². The third-order valence-electron chi connectivity index (χ3n) is 1.90. The molecule has 96 valence electrons. The van der Waals surface area contributed by atoms with Crippen LogP contribution in [-0.4, -0.2) is 36.9 Å². The van der Waals surface area contributed by atoms with Crippen molar-refractivity contribution in [2.75, 3.05) is 25.9 Å². The van der Waals surface area contributed by atoms with Crippen LogP contribution in [0.2, 0.25) is 0 Å². The summed E-state index contributed by atoms with van der Waals surface area (Å²) < 4.78 is 0. The molecule has 0 aliphatic heterocycles. The van der Waals surface area contributed by atoms with Gasteiger partial charge in [-0.05, 0) is 31.3 Å². The molecule has 0 atom stereocenters. The first-order valence-corrected chi connectivity index (χ1v) is 6.04. The monoisotopic (exact) mass is 276 g/mol. The number of phenolic OH excluding ortho intramolecular Hbond substituents is 1. The first kappa shape index (κ1) is 16.1. The number of carbonyl (C=O) groups is 1. The van der Waals surface area contributed by atoms with Gasteiger partial charge in [-0.3, -0.25) is 4.79 Å². The average Bonchev–Trinajstić information content (AvgIpc) is 2.29. The van der Waals surface area contributed by atoms with Gasteiger partial charge >= 0.3 is 0 Å². The Kier molecular flexibility index (Phi) is 8.66. The van der Waals surface area contributed by atoms with E-state index in [-0.39, 0.29) is 24.1 Å². The van der Waals surface area contributed by atoms with Gasteiger partial charge in [-0.1, -0.05) is 0 Å². The van der Waals surface area contributed by atoms with Crippen molar-refractivity contribution in [1.29, 1.82) is 0 Å². The largest absolute Gasteiger partial charge is 0.508 e. The van der Waals surface area contributed by atoms with Crippen LogP contribution in [0.15, 0.2) is 29.2 Å². The number of hydrogen-bond acceptors (Lipinski definition) is 4. The number of benzene rings is 1. The van der Waals surface area contributed by atoms with E-state index in [1.807, 2.05) is 7.05 Å². The van der Waals surface area contributed by atoms with Gasteiger partial charge in [-0.15, -0.1) is 24.2 Å². The Morgan fingerprint density at radius 3 is 2.53 bits per heavy atom. The molecule has 0 aliphatic carbocycles. The Hall–Kier alpha value is -0.910. The van der Waals surface area contributed by atoms with Crippen molar-refractivity contribution in [2.24, 2.45) is 0 Å². The number of halogens is 1. The number of carbonyl (C=O) groups excluding carboxylic acids is 1. The number of thioether (sulfide) groups is 1. The molecule has 17 heavy (non-hydrogen) atoms. The zero-order chi connectivity index (χ0) is 11.8. The summed E-state index contributed by atoms with van der Waals surface area (Å²) >= 11 is 1.45. The first-order valence-electron chi connectivity index (χ1n) is 5.05. The molecule has 6 heteroatoms. The lowest BCUT2D eigenvalue weighted by Crippen LogP contribution is -2.31. The summed E-state index contributed by atoms with van der Waals surface area (Å²) in [4.78, 5) is 12.3. The standard InChI is InChI=1S/C11H16N2O2S.ClH/c1-12-6-7-13-11(15)8-16-10-4-2-9(14)3-5-10;/h2-5,12,14H,6-8H2,1H3,(H,13,15);1H. The third-order valence-corrected chi connectivity index (χ3v) is 2.92. The van der Waals surface area contributed by atoms with Crippen molar-refractivity contribution in [3.8, 4) is 5.75 Å². The lowest BCUT2D eigenvalue weighted by Gasteiger charge is -2.04. The number of hydrogen-bond donors (Lipinski definition) is 3. The number of phenols is 1. The molecule has 4 nitrogen and oxygen atoms in total. The molecular formula is C11H17ClN2O2S. The molecule has 0 saturated carbocycles. The second kappa shape index (κ2) is 9.15. The predicted molar refractivity (Wildman–Crippen MR) is 73.0 cm³/mol. The molecule has 0 radical (unpaired) electrons. The van der Waals surface area contributed by atoms with Crippen LogP contribution in [0.3, 0.4) is 0 Å². The van der Waals surface area contributed by atoms with Crippen LogP contribution in [0, 0.1) is 0 Å². The van der Waals surface area contributed by atoms with Gasteiger partial charge in [0.05, 0.1) is 5.75 Å². The van der Waals surface area contributed by atoms with Crippen LogP contribution < -0.4 is 10.6 Å². The van der Waals surface area contributed by atoms with Gasteiger partial charge in [0, 0.05) is 18.0 Å². The summed E-state index contributed by atoms with van der Waals surface area (Å²) in [5.74, 6) is 0.658. The lowest BCUT2D eigenvalue weighted by molar-refractivity contribution is -0.118. The van der Waals surface area contributed by atoms with Gasteiger partial charge in [0.1, 0.15) is 5.75 Å². The van der Waals surface area contributed by atoms with Crippen molar-refractivity contribution in [1.82, 2.24) is 10.6 Å². The van der Waals surface area contributed by atoms with E-state index >= 15 is 0 Å². The van der Waals surface area contributed by atoms with Crippen LogP contribution in [0.5, 0.6) is 5.75 Å². The molecule has 0 heterocycles. The lowest BCUT2D eigenvalue weighted by atomic mass is 10.3. The predicted octanol–water partition coefficient (Wildman–Crippen LogP) is 1.24. The first-order chi connectivity index (χ1) is 7.72. The minimum Gasteiger partial charge on any atom is -0.508 e. The Bertz CT molecular complexity index is 333. The maximum atomic E-state index is 11.3. The molecule has 1 rings (SSSR count). The third kappa shape index (κ3) is 7.10. The summed E-state index contributed by atoms with van der Waals surface area (Å²) in [5, 5.41) is 14.8. The summed E-state index contributed by atoms with van der Waals surface area (Å²) in [6.45, 7) is 1.42. The Labute approximate surface area is 112 Å². The summed E-state index contributed by atoms with van der Waals surface area (Å²) in [7, 11) is 1.84. The molecule has 1 amide bonds. The van der Waals surface area contributed by atoms with Crippen LogP contribution in [0.25, 0.3) is 0 Å². The maximum Gasteiger partial charge on any atom is 0.230 e. The highest BCUT2D eigenvalue weighted by Gasteiger charge is 2.01. The Balaban J connectivity index is 0.00000256. The summed E-state index contributed by atoms with van der Waals surface area (Å²) in [6, 6.07) is 6.81. The van der Waals surface area contributed by atoms with Crippen LogP contribution >= 0.6 is 24.2 Å². The van der Waals surface area contributed by atoms with Gasteiger partial charge in [-0.25, -0.2) is 0 Å². The molecule has 1 aromatic carbocycles. The van der Waals surface area contributed by atoms with Crippen molar-refractivity contribution in [2.45, 2.75) is 4.90 Å². The van der Waals surface area contributed by atoms with Crippen LogP contribution in [0.4, 0.5) is 0 Å². The van der Waals surface area contributed by atoms with E-state index in [1.165, 1.54) is 11.8 Å². The van der Waals surface area contributed by atoms with E-state index in [0.717, 1.165) is 11.4 Å². The molecule has 0 spiro atoms. The highest BCUT2D eigenvalue weighted by molar-refractivity contribution is 8.00. The van der Waals surface area contributed by atoms with E-state index in [4.69, 9.17) is 5.11 Å². The summed E-state index contributed by atoms with van der Waals surface area (Å²) in [6.07, 6.45) is 0. The summed E-state index contributed by atoms with van der Waals surface area (Å²) in [5.41, 5.74) is 0.